The van der Waals surface area contributed by atoms with E-state index < -0.39 is 0 Å². The van der Waals surface area contributed by atoms with Gasteiger partial charge in [-0.05, 0) is 38.5 Å². The van der Waals surface area contributed by atoms with Gasteiger partial charge in [-0.1, -0.05) is 18.0 Å². The van der Waals surface area contributed by atoms with Crippen molar-refractivity contribution in [3.8, 4) is 0 Å². The molecule has 1 heterocycles. The molecule has 0 bridgehead atoms. The minimum atomic E-state index is -0.360. The second-order valence-corrected chi connectivity index (χ2v) is 5.82. The molecule has 2 saturated carbocycles. The van der Waals surface area contributed by atoms with Crippen molar-refractivity contribution in [2.45, 2.75) is 69.0 Å². The lowest BCUT2D eigenvalue weighted by atomic mass is 9.86. The Morgan fingerprint density at radius 3 is 2.63 bits per heavy atom. The fourth-order valence-electron chi connectivity index (χ4n) is 3.44. The minimum Gasteiger partial charge on any atom is -0.392 e. The van der Waals surface area contributed by atoms with Gasteiger partial charge >= 0.3 is 0 Å². The number of nitrogens with zero attached hydrogens (tertiary/aromatic N) is 2. The van der Waals surface area contributed by atoms with E-state index in [1.54, 1.807) is 7.11 Å². The highest BCUT2D eigenvalue weighted by atomic mass is 16.5. The zero-order valence-electron chi connectivity index (χ0n) is 11.5. The van der Waals surface area contributed by atoms with E-state index in [0.717, 1.165) is 51.4 Å². The molecule has 0 amide bonds. The van der Waals surface area contributed by atoms with Crippen LogP contribution in [0.4, 0.5) is 0 Å². The molecule has 0 saturated heterocycles. The fraction of sp³-hybridized carbons (Fsp3) is 0.857. The zero-order valence-corrected chi connectivity index (χ0v) is 11.5. The van der Waals surface area contributed by atoms with E-state index >= 15 is 0 Å². The van der Waals surface area contributed by atoms with E-state index in [4.69, 9.17) is 9.26 Å². The van der Waals surface area contributed by atoms with Crippen LogP contribution in [0.5, 0.6) is 0 Å². The molecule has 106 valence electrons. The molecular formula is C14H22N2O3. The monoisotopic (exact) mass is 266 g/mol. The van der Waals surface area contributed by atoms with Gasteiger partial charge in [-0.3, -0.25) is 0 Å². The van der Waals surface area contributed by atoms with Crippen molar-refractivity contribution < 1.29 is 14.4 Å². The van der Waals surface area contributed by atoms with Crippen LogP contribution in [0.2, 0.25) is 0 Å². The summed E-state index contributed by atoms with van der Waals surface area (Å²) in [7, 11) is 1.72. The number of aliphatic hydroxyl groups excluding tert-OH is 1. The topological polar surface area (TPSA) is 68.4 Å². The molecule has 2 fully saturated rings. The van der Waals surface area contributed by atoms with Crippen LogP contribution in [0.15, 0.2) is 4.52 Å². The van der Waals surface area contributed by atoms with Gasteiger partial charge in [0.2, 0.25) is 11.7 Å². The summed E-state index contributed by atoms with van der Waals surface area (Å²) >= 11 is 0. The molecule has 2 atom stereocenters. The maximum Gasteiger partial charge on any atom is 0.232 e. The van der Waals surface area contributed by atoms with Gasteiger partial charge < -0.3 is 14.4 Å². The number of ether oxygens (including phenoxy) is 1. The van der Waals surface area contributed by atoms with Crippen LogP contribution in [0.25, 0.3) is 0 Å². The molecule has 2 unspecified atom stereocenters. The van der Waals surface area contributed by atoms with Crippen molar-refractivity contribution in [1.29, 1.82) is 0 Å². The van der Waals surface area contributed by atoms with Crippen molar-refractivity contribution in [2.75, 3.05) is 7.11 Å². The summed E-state index contributed by atoms with van der Waals surface area (Å²) < 4.78 is 11.1. The van der Waals surface area contributed by atoms with Gasteiger partial charge in [-0.2, -0.15) is 4.98 Å². The zero-order chi connectivity index (χ0) is 13.3. The van der Waals surface area contributed by atoms with Crippen molar-refractivity contribution in [3.05, 3.63) is 11.7 Å². The van der Waals surface area contributed by atoms with Crippen molar-refractivity contribution >= 4 is 0 Å². The Bertz CT molecular complexity index is 426. The van der Waals surface area contributed by atoms with E-state index in [1.165, 1.54) is 0 Å². The Morgan fingerprint density at radius 2 is 1.95 bits per heavy atom. The van der Waals surface area contributed by atoms with Crippen LogP contribution in [0.1, 0.15) is 69.0 Å². The summed E-state index contributed by atoms with van der Waals surface area (Å²) in [4.78, 5) is 4.55. The van der Waals surface area contributed by atoms with Gasteiger partial charge in [0.15, 0.2) is 0 Å². The first kappa shape index (κ1) is 13.1. The van der Waals surface area contributed by atoms with E-state index in [2.05, 4.69) is 10.1 Å². The van der Waals surface area contributed by atoms with Gasteiger partial charge in [0.05, 0.1) is 12.0 Å². The number of aliphatic hydroxyl groups is 1. The maximum absolute atomic E-state index is 10.1. The quantitative estimate of drug-likeness (QED) is 0.910. The average molecular weight is 266 g/mol. The van der Waals surface area contributed by atoms with Gasteiger partial charge in [-0.25, -0.2) is 0 Å². The third-order valence-corrected chi connectivity index (χ3v) is 4.70. The average Bonchev–Trinajstić information content (AvgIpc) is 3.09. The van der Waals surface area contributed by atoms with Crippen LogP contribution in [0, 0.1) is 0 Å². The molecule has 3 rings (SSSR count). The molecular weight excluding hydrogens is 244 g/mol. The van der Waals surface area contributed by atoms with Gasteiger partial charge in [0.1, 0.15) is 5.60 Å². The van der Waals surface area contributed by atoms with E-state index in [-0.39, 0.29) is 17.6 Å². The Kier molecular flexibility index (Phi) is 3.58. The molecule has 1 N–H and O–H groups in total. The second kappa shape index (κ2) is 5.21. The van der Waals surface area contributed by atoms with Gasteiger partial charge in [-0.15, -0.1) is 0 Å². The summed E-state index contributed by atoms with van der Waals surface area (Å²) in [6.45, 7) is 0. The summed E-state index contributed by atoms with van der Waals surface area (Å²) in [5, 5.41) is 14.2. The molecule has 2 aliphatic carbocycles. The molecule has 0 aliphatic heterocycles. The molecule has 2 aliphatic rings. The molecule has 0 radical (unpaired) electrons. The van der Waals surface area contributed by atoms with Crippen molar-refractivity contribution in [1.82, 2.24) is 10.1 Å². The minimum absolute atomic E-state index is 0.00492. The lowest BCUT2D eigenvalue weighted by Gasteiger charge is -2.25. The second-order valence-electron chi connectivity index (χ2n) is 5.82. The lowest BCUT2D eigenvalue weighted by molar-refractivity contribution is -0.0178. The predicted molar refractivity (Wildman–Crippen MR) is 68.7 cm³/mol. The van der Waals surface area contributed by atoms with Crippen LogP contribution >= 0.6 is 0 Å². The highest BCUT2D eigenvalue weighted by Gasteiger charge is 2.41. The first-order chi connectivity index (χ1) is 9.25. The van der Waals surface area contributed by atoms with Gasteiger partial charge in [0.25, 0.3) is 0 Å². The third kappa shape index (κ3) is 2.30. The van der Waals surface area contributed by atoms with Crippen molar-refractivity contribution in [3.63, 3.8) is 0 Å². The van der Waals surface area contributed by atoms with E-state index in [0.29, 0.717) is 11.7 Å². The Hall–Kier alpha value is -0.940. The Morgan fingerprint density at radius 1 is 1.21 bits per heavy atom. The summed E-state index contributed by atoms with van der Waals surface area (Å²) in [5.41, 5.74) is -0.360. The fourth-order valence-corrected chi connectivity index (χ4v) is 3.44. The number of aromatic nitrogens is 2. The van der Waals surface area contributed by atoms with E-state index in [1.807, 2.05) is 0 Å². The van der Waals surface area contributed by atoms with Crippen molar-refractivity contribution in [2.24, 2.45) is 0 Å². The molecule has 19 heavy (non-hydrogen) atoms. The summed E-state index contributed by atoms with van der Waals surface area (Å²) in [6.07, 6.45) is 7.82. The molecule has 0 aromatic carbocycles. The molecule has 5 nitrogen and oxygen atoms in total. The largest absolute Gasteiger partial charge is 0.392 e. The summed E-state index contributed by atoms with van der Waals surface area (Å²) in [6, 6.07) is 0. The first-order valence-corrected chi connectivity index (χ1v) is 7.32. The first-order valence-electron chi connectivity index (χ1n) is 7.32. The van der Waals surface area contributed by atoms with Crippen LogP contribution in [0.3, 0.4) is 0 Å². The normalized spacial score (nSPS) is 30.6. The Balaban J connectivity index is 1.82. The standard InChI is InChI=1S/C14H22N2O3/c1-18-14(8-4-5-9-14)13-15-12(19-16-13)10-6-2-3-7-11(10)17/h10-11,17H,2-9H2,1H3. The number of methoxy groups -OCH3 is 1. The highest BCUT2D eigenvalue weighted by Crippen LogP contribution is 2.41. The van der Waals surface area contributed by atoms with Crippen LogP contribution in [-0.4, -0.2) is 28.5 Å². The SMILES string of the molecule is COC1(c2noc(C3CCCCC3O)n2)CCCC1. The van der Waals surface area contributed by atoms with Crippen LogP contribution in [-0.2, 0) is 10.3 Å². The predicted octanol–water partition coefficient (Wildman–Crippen LogP) is 2.50. The maximum atomic E-state index is 10.1. The molecule has 5 heteroatoms. The number of hydrogen-bond acceptors (Lipinski definition) is 5. The molecule has 0 spiro atoms. The Labute approximate surface area is 113 Å². The van der Waals surface area contributed by atoms with Gasteiger partial charge in [0, 0.05) is 7.11 Å². The van der Waals surface area contributed by atoms with E-state index in [9.17, 15) is 5.11 Å². The van der Waals surface area contributed by atoms with Crippen LogP contribution < -0.4 is 0 Å². The lowest BCUT2D eigenvalue weighted by Crippen LogP contribution is -2.27. The number of rotatable bonds is 3. The third-order valence-electron chi connectivity index (χ3n) is 4.70. The summed E-state index contributed by atoms with van der Waals surface area (Å²) in [5.74, 6) is 1.26. The molecule has 1 aromatic rings. The highest BCUT2D eigenvalue weighted by molar-refractivity contribution is 5.07. The smallest absolute Gasteiger partial charge is 0.232 e. The molecule has 1 aromatic heterocycles. The number of hydrogen-bond donors (Lipinski definition) is 1.